The molecule has 0 saturated heterocycles. The SMILES string of the molecule is CC(C)(C)COCNC(=O)NCOCNc1nc(NCOCNC(=O)NCOCC(C)(C)C)nc(NC(C)(C)C)n1. The van der Waals surface area contributed by atoms with E-state index in [0.717, 1.165) is 0 Å². The van der Waals surface area contributed by atoms with Gasteiger partial charge in [-0.3, -0.25) is 0 Å². The number of nitrogens with zero attached hydrogens (tertiary/aromatic N) is 3. The van der Waals surface area contributed by atoms with Crippen LogP contribution in [0.5, 0.6) is 0 Å². The molecule has 0 bridgehead atoms. The van der Waals surface area contributed by atoms with Crippen LogP contribution in [-0.4, -0.2) is 86.2 Å². The van der Waals surface area contributed by atoms with E-state index in [-0.39, 0.29) is 68.7 Å². The lowest BCUT2D eigenvalue weighted by Gasteiger charge is -2.21. The first kappa shape index (κ1) is 35.8. The van der Waals surface area contributed by atoms with Gasteiger partial charge in [0.15, 0.2) is 0 Å². The van der Waals surface area contributed by atoms with Crippen LogP contribution >= 0.6 is 0 Å². The maximum atomic E-state index is 11.8. The zero-order valence-corrected chi connectivity index (χ0v) is 25.9. The molecule has 236 valence electrons. The first-order valence-electron chi connectivity index (χ1n) is 13.4. The van der Waals surface area contributed by atoms with Gasteiger partial charge in [0.1, 0.15) is 40.4 Å². The number of rotatable bonds is 17. The first-order chi connectivity index (χ1) is 19.0. The molecular weight excluding hydrogens is 536 g/mol. The summed E-state index contributed by atoms with van der Waals surface area (Å²) in [6.45, 7) is 19.4. The van der Waals surface area contributed by atoms with E-state index in [9.17, 15) is 9.59 Å². The summed E-state index contributed by atoms with van der Waals surface area (Å²) >= 11 is 0. The standard InChI is InChI=1S/C25H50N10O6/c1-23(2,3)10-38-14-28-21(36)30-16-40-12-26-18-32-19(34-20(33-18)35-25(7,8)9)27-13-41-17-31-22(37)29-15-39-11-24(4,5)6/h10-17H2,1-9H3,(H2,28,30,36)(H2,29,31,37)(H3,26,27,32,33,34,35). The Bertz CT molecular complexity index is 853. The first-order valence-corrected chi connectivity index (χ1v) is 13.4. The minimum absolute atomic E-state index is 0.0175. The quantitative estimate of drug-likeness (QED) is 0.104. The molecule has 4 amide bonds. The van der Waals surface area contributed by atoms with Crippen LogP contribution in [-0.2, 0) is 18.9 Å². The number of carbonyl (C=O) groups is 2. The van der Waals surface area contributed by atoms with E-state index in [0.29, 0.717) is 19.2 Å². The smallest absolute Gasteiger partial charge is 0.318 e. The van der Waals surface area contributed by atoms with Crippen molar-refractivity contribution in [3.8, 4) is 0 Å². The summed E-state index contributed by atoms with van der Waals surface area (Å²) in [5.74, 6) is 0.808. The summed E-state index contributed by atoms with van der Waals surface area (Å²) in [6, 6.07) is -0.828. The minimum Gasteiger partial charge on any atom is -0.361 e. The molecule has 16 heteroatoms. The van der Waals surface area contributed by atoms with E-state index >= 15 is 0 Å². The van der Waals surface area contributed by atoms with Gasteiger partial charge >= 0.3 is 12.1 Å². The number of hydrogen-bond donors (Lipinski definition) is 7. The van der Waals surface area contributed by atoms with Crippen LogP contribution in [0.1, 0.15) is 62.3 Å². The second kappa shape index (κ2) is 17.6. The number of ether oxygens (including phenoxy) is 4. The molecule has 0 aliphatic carbocycles. The topological polar surface area (TPSA) is 194 Å². The van der Waals surface area contributed by atoms with Gasteiger partial charge in [-0.15, -0.1) is 0 Å². The number of hydrogen-bond acceptors (Lipinski definition) is 12. The number of carbonyl (C=O) groups excluding carboxylic acids is 2. The van der Waals surface area contributed by atoms with Crippen molar-refractivity contribution in [1.82, 2.24) is 36.2 Å². The Labute approximate surface area is 243 Å². The Hall–Kier alpha value is -3.21. The Kier molecular flexibility index (Phi) is 15.3. The maximum absolute atomic E-state index is 11.8. The molecule has 0 unspecified atom stereocenters. The van der Waals surface area contributed by atoms with Gasteiger partial charge in [-0.05, 0) is 31.6 Å². The molecule has 7 N–H and O–H groups in total. The molecule has 1 aromatic heterocycles. The Balaban J connectivity index is 2.41. The molecule has 1 heterocycles. The normalized spacial score (nSPS) is 11.9. The molecule has 41 heavy (non-hydrogen) atoms. The van der Waals surface area contributed by atoms with Crippen LogP contribution in [0.4, 0.5) is 27.4 Å². The highest BCUT2D eigenvalue weighted by Crippen LogP contribution is 2.14. The van der Waals surface area contributed by atoms with Crippen molar-refractivity contribution < 1.29 is 28.5 Å². The number of urea groups is 2. The summed E-state index contributed by atoms with van der Waals surface area (Å²) in [4.78, 5) is 36.6. The Morgan fingerprint density at radius 3 is 1.22 bits per heavy atom. The van der Waals surface area contributed by atoms with Crippen molar-refractivity contribution in [2.45, 2.75) is 67.9 Å². The molecule has 0 spiro atoms. The molecule has 1 aromatic rings. The molecule has 16 nitrogen and oxygen atoms in total. The van der Waals surface area contributed by atoms with Crippen molar-refractivity contribution in [2.75, 3.05) is 69.5 Å². The van der Waals surface area contributed by atoms with Crippen LogP contribution < -0.4 is 37.2 Å². The Morgan fingerprint density at radius 1 is 0.537 bits per heavy atom. The second-order valence-corrected chi connectivity index (χ2v) is 12.5. The third-order valence-electron chi connectivity index (χ3n) is 4.20. The summed E-state index contributed by atoms with van der Waals surface area (Å²) in [7, 11) is 0. The van der Waals surface area contributed by atoms with E-state index in [4.69, 9.17) is 18.9 Å². The highest BCUT2D eigenvalue weighted by molar-refractivity contribution is 5.73. The average molecular weight is 587 g/mol. The van der Waals surface area contributed by atoms with Gasteiger partial charge in [0, 0.05) is 5.54 Å². The van der Waals surface area contributed by atoms with Gasteiger partial charge in [0.05, 0.1) is 13.2 Å². The lowest BCUT2D eigenvalue weighted by Crippen LogP contribution is -2.39. The fourth-order valence-corrected chi connectivity index (χ4v) is 2.56. The molecule has 1 rings (SSSR count). The van der Waals surface area contributed by atoms with Crippen molar-refractivity contribution in [3.63, 3.8) is 0 Å². The zero-order valence-electron chi connectivity index (χ0n) is 25.9. The summed E-state index contributed by atoms with van der Waals surface area (Å²) < 4.78 is 21.6. The molecule has 0 radical (unpaired) electrons. The van der Waals surface area contributed by atoms with Crippen LogP contribution in [0.2, 0.25) is 0 Å². The summed E-state index contributed by atoms with van der Waals surface area (Å²) in [5, 5.41) is 19.3. The van der Waals surface area contributed by atoms with Gasteiger partial charge in [-0.25, -0.2) is 9.59 Å². The predicted molar refractivity (Wildman–Crippen MR) is 156 cm³/mol. The van der Waals surface area contributed by atoms with Crippen molar-refractivity contribution in [3.05, 3.63) is 0 Å². The molecule has 0 aromatic carbocycles. The molecular formula is C25H50N10O6. The van der Waals surface area contributed by atoms with Gasteiger partial charge < -0.3 is 56.2 Å². The number of anilines is 3. The van der Waals surface area contributed by atoms with E-state index in [1.54, 1.807) is 0 Å². The molecule has 0 atom stereocenters. The van der Waals surface area contributed by atoms with Gasteiger partial charge in [-0.2, -0.15) is 15.0 Å². The fraction of sp³-hybridized carbons (Fsp3) is 0.800. The summed E-state index contributed by atoms with van der Waals surface area (Å²) in [6.07, 6.45) is 0. The van der Waals surface area contributed by atoms with Crippen LogP contribution in [0.15, 0.2) is 0 Å². The number of amides is 4. The van der Waals surface area contributed by atoms with Crippen LogP contribution in [0.25, 0.3) is 0 Å². The van der Waals surface area contributed by atoms with E-state index in [1.165, 1.54) is 0 Å². The molecule has 0 aliphatic heterocycles. The van der Waals surface area contributed by atoms with Gasteiger partial charge in [0.2, 0.25) is 17.8 Å². The van der Waals surface area contributed by atoms with Crippen molar-refractivity contribution >= 4 is 29.9 Å². The lowest BCUT2D eigenvalue weighted by molar-refractivity contribution is 0.0616. The number of aromatic nitrogens is 3. The molecule has 0 fully saturated rings. The lowest BCUT2D eigenvalue weighted by atomic mass is 9.99. The third kappa shape index (κ3) is 21.2. The van der Waals surface area contributed by atoms with E-state index < -0.39 is 12.1 Å². The number of nitrogens with one attached hydrogen (secondary N) is 7. The predicted octanol–water partition coefficient (Wildman–Crippen LogP) is 2.41. The van der Waals surface area contributed by atoms with Gasteiger partial charge in [0.25, 0.3) is 0 Å². The third-order valence-corrected chi connectivity index (χ3v) is 4.20. The van der Waals surface area contributed by atoms with Gasteiger partial charge in [-0.1, -0.05) is 41.5 Å². The largest absolute Gasteiger partial charge is 0.361 e. The monoisotopic (exact) mass is 586 g/mol. The molecule has 0 saturated carbocycles. The van der Waals surface area contributed by atoms with Crippen molar-refractivity contribution in [2.24, 2.45) is 10.8 Å². The zero-order chi connectivity index (χ0) is 30.9. The molecule has 0 aliphatic rings. The summed E-state index contributed by atoms with van der Waals surface area (Å²) in [5.41, 5.74) is -0.266. The van der Waals surface area contributed by atoms with Crippen LogP contribution in [0, 0.1) is 10.8 Å². The van der Waals surface area contributed by atoms with Crippen LogP contribution in [0.3, 0.4) is 0 Å². The average Bonchev–Trinajstić information content (AvgIpc) is 2.82. The minimum atomic E-state index is -0.414. The second-order valence-electron chi connectivity index (χ2n) is 12.5. The maximum Gasteiger partial charge on any atom is 0.318 e. The van der Waals surface area contributed by atoms with E-state index in [2.05, 4.69) is 52.2 Å². The highest BCUT2D eigenvalue weighted by Gasteiger charge is 2.14. The Morgan fingerprint density at radius 2 is 0.878 bits per heavy atom. The highest BCUT2D eigenvalue weighted by atomic mass is 16.5. The van der Waals surface area contributed by atoms with Crippen molar-refractivity contribution in [1.29, 1.82) is 0 Å². The van der Waals surface area contributed by atoms with E-state index in [1.807, 2.05) is 62.3 Å². The fourth-order valence-electron chi connectivity index (χ4n) is 2.56.